The van der Waals surface area contributed by atoms with Crippen LogP contribution in [0.5, 0.6) is 11.5 Å². The quantitative estimate of drug-likeness (QED) is 0.482. The van der Waals surface area contributed by atoms with Gasteiger partial charge in [0.2, 0.25) is 0 Å². The van der Waals surface area contributed by atoms with E-state index in [-0.39, 0.29) is 5.78 Å². The summed E-state index contributed by atoms with van der Waals surface area (Å²) in [6.45, 7) is 3.76. The summed E-state index contributed by atoms with van der Waals surface area (Å²) in [6, 6.07) is 15.3. The number of methoxy groups -OCH3 is 2. The Balaban J connectivity index is 1.89. The van der Waals surface area contributed by atoms with Crippen molar-refractivity contribution in [2.24, 2.45) is 0 Å². The molecule has 0 bridgehead atoms. The third-order valence-corrected chi connectivity index (χ3v) is 4.37. The van der Waals surface area contributed by atoms with E-state index in [1.54, 1.807) is 31.1 Å². The Labute approximate surface area is 158 Å². The smallest absolute Gasteiger partial charge is 0.189 e. The van der Waals surface area contributed by atoms with Crippen molar-refractivity contribution in [2.45, 2.75) is 13.8 Å². The van der Waals surface area contributed by atoms with E-state index in [2.05, 4.69) is 5.10 Å². The minimum Gasteiger partial charge on any atom is -0.493 e. The number of carbonyl (C=O) groups is 1. The average molecular weight is 362 g/mol. The molecule has 0 unspecified atom stereocenters. The van der Waals surface area contributed by atoms with Gasteiger partial charge in [0.1, 0.15) is 0 Å². The van der Waals surface area contributed by atoms with Gasteiger partial charge >= 0.3 is 0 Å². The van der Waals surface area contributed by atoms with Crippen LogP contribution in [0.4, 0.5) is 0 Å². The van der Waals surface area contributed by atoms with Gasteiger partial charge in [-0.05, 0) is 49.8 Å². The summed E-state index contributed by atoms with van der Waals surface area (Å²) in [7, 11) is 3.17. The van der Waals surface area contributed by atoms with Gasteiger partial charge in [-0.25, -0.2) is 4.68 Å². The number of ether oxygens (including phenoxy) is 2. The number of nitrogens with zero attached hydrogens (tertiary/aromatic N) is 2. The Morgan fingerprint density at radius 3 is 2.37 bits per heavy atom. The van der Waals surface area contributed by atoms with Crippen molar-refractivity contribution in [1.29, 1.82) is 0 Å². The summed E-state index contributed by atoms with van der Waals surface area (Å²) in [5, 5.41) is 4.53. The van der Waals surface area contributed by atoms with Gasteiger partial charge < -0.3 is 9.47 Å². The number of hydrogen-bond donors (Lipinski definition) is 0. The molecule has 5 heteroatoms. The first kappa shape index (κ1) is 18.5. The fourth-order valence-electron chi connectivity index (χ4n) is 3.03. The molecule has 0 spiro atoms. The van der Waals surface area contributed by atoms with Crippen molar-refractivity contribution in [2.75, 3.05) is 14.2 Å². The highest BCUT2D eigenvalue weighted by atomic mass is 16.5. The van der Waals surface area contributed by atoms with Gasteiger partial charge in [0.05, 0.1) is 36.9 Å². The monoisotopic (exact) mass is 362 g/mol. The van der Waals surface area contributed by atoms with Crippen molar-refractivity contribution in [3.05, 3.63) is 77.1 Å². The van der Waals surface area contributed by atoms with E-state index in [4.69, 9.17) is 9.47 Å². The molecule has 0 amide bonds. The summed E-state index contributed by atoms with van der Waals surface area (Å²) in [6.07, 6.45) is 3.33. The number of ketones is 1. The molecule has 3 rings (SSSR count). The summed E-state index contributed by atoms with van der Waals surface area (Å²) in [5.74, 6) is 1.19. The molecular weight excluding hydrogens is 340 g/mol. The zero-order valence-electron chi connectivity index (χ0n) is 15.9. The molecule has 0 fully saturated rings. The third kappa shape index (κ3) is 3.77. The van der Waals surface area contributed by atoms with E-state index < -0.39 is 0 Å². The van der Waals surface area contributed by atoms with Gasteiger partial charge in [-0.15, -0.1) is 0 Å². The van der Waals surface area contributed by atoms with Crippen LogP contribution in [0.3, 0.4) is 0 Å². The fourth-order valence-corrected chi connectivity index (χ4v) is 3.03. The molecule has 0 saturated heterocycles. The largest absolute Gasteiger partial charge is 0.493 e. The van der Waals surface area contributed by atoms with E-state index in [0.717, 1.165) is 16.9 Å². The molecule has 0 aliphatic carbocycles. The topological polar surface area (TPSA) is 53.3 Å². The zero-order chi connectivity index (χ0) is 19.4. The molecule has 1 heterocycles. The first-order chi connectivity index (χ1) is 13.0. The molecule has 0 atom stereocenters. The molecule has 0 N–H and O–H groups in total. The molecular formula is C22H22N2O3. The molecule has 0 saturated carbocycles. The standard InChI is InChI=1S/C22H22N2O3/c1-15-22(16(2)24(23-15)18-8-6-5-7-9-18)19(25)12-10-17-11-13-20(26-3)21(14-17)27-4/h5-14H,1-4H3. The number of benzene rings is 2. The van der Waals surface area contributed by atoms with Gasteiger partial charge in [0.25, 0.3) is 0 Å². The number of rotatable bonds is 6. The number of allylic oxidation sites excluding steroid dienone is 1. The molecule has 27 heavy (non-hydrogen) atoms. The first-order valence-electron chi connectivity index (χ1n) is 8.61. The number of aryl methyl sites for hydroxylation is 1. The third-order valence-electron chi connectivity index (χ3n) is 4.37. The number of para-hydroxylation sites is 1. The van der Waals surface area contributed by atoms with Gasteiger partial charge in [-0.1, -0.05) is 30.3 Å². The van der Waals surface area contributed by atoms with Crippen LogP contribution in [0.25, 0.3) is 11.8 Å². The molecule has 3 aromatic rings. The second kappa shape index (κ2) is 7.91. The highest BCUT2D eigenvalue weighted by molar-refractivity contribution is 6.08. The summed E-state index contributed by atoms with van der Waals surface area (Å²) < 4.78 is 12.3. The van der Waals surface area contributed by atoms with Crippen LogP contribution in [0.15, 0.2) is 54.6 Å². The SMILES string of the molecule is COc1ccc(C=CC(=O)c2c(C)nn(-c3ccccc3)c2C)cc1OC. The minimum absolute atomic E-state index is 0.0815. The predicted octanol–water partition coefficient (Wildman–Crippen LogP) is 4.40. The lowest BCUT2D eigenvalue weighted by Crippen LogP contribution is -2.01. The Hall–Kier alpha value is -3.34. The van der Waals surface area contributed by atoms with E-state index >= 15 is 0 Å². The lowest BCUT2D eigenvalue weighted by atomic mass is 10.1. The molecule has 0 aliphatic heterocycles. The van der Waals surface area contributed by atoms with Gasteiger partial charge in [-0.3, -0.25) is 4.79 Å². The maximum atomic E-state index is 12.8. The van der Waals surface area contributed by atoms with Crippen LogP contribution in [0.2, 0.25) is 0 Å². The second-order valence-corrected chi connectivity index (χ2v) is 6.11. The van der Waals surface area contributed by atoms with E-state index in [9.17, 15) is 4.79 Å². The maximum absolute atomic E-state index is 12.8. The van der Waals surface area contributed by atoms with Crippen molar-refractivity contribution in [1.82, 2.24) is 9.78 Å². The lowest BCUT2D eigenvalue weighted by molar-refractivity contribution is 0.104. The van der Waals surface area contributed by atoms with Crippen molar-refractivity contribution >= 4 is 11.9 Å². The normalized spacial score (nSPS) is 11.0. The van der Waals surface area contributed by atoms with E-state index in [1.807, 2.05) is 62.4 Å². The summed E-state index contributed by atoms with van der Waals surface area (Å²) in [5.41, 5.74) is 3.93. The Kier molecular flexibility index (Phi) is 5.41. The van der Waals surface area contributed by atoms with Gasteiger partial charge in [0, 0.05) is 0 Å². The number of hydrogen-bond acceptors (Lipinski definition) is 4. The highest BCUT2D eigenvalue weighted by Crippen LogP contribution is 2.28. The second-order valence-electron chi connectivity index (χ2n) is 6.11. The van der Waals surface area contributed by atoms with Crippen LogP contribution in [-0.2, 0) is 0 Å². The van der Waals surface area contributed by atoms with Crippen LogP contribution >= 0.6 is 0 Å². The molecule has 0 radical (unpaired) electrons. The summed E-state index contributed by atoms with van der Waals surface area (Å²) >= 11 is 0. The van der Waals surface area contributed by atoms with Crippen LogP contribution in [-0.4, -0.2) is 29.8 Å². The van der Waals surface area contributed by atoms with E-state index in [0.29, 0.717) is 22.8 Å². The van der Waals surface area contributed by atoms with Gasteiger partial charge in [0.15, 0.2) is 17.3 Å². The van der Waals surface area contributed by atoms with Crippen LogP contribution in [0, 0.1) is 13.8 Å². The molecule has 5 nitrogen and oxygen atoms in total. The Morgan fingerprint density at radius 1 is 1.00 bits per heavy atom. The first-order valence-corrected chi connectivity index (χ1v) is 8.61. The maximum Gasteiger partial charge on any atom is 0.189 e. The van der Waals surface area contributed by atoms with Crippen molar-refractivity contribution < 1.29 is 14.3 Å². The van der Waals surface area contributed by atoms with Crippen molar-refractivity contribution in [3.63, 3.8) is 0 Å². The lowest BCUT2D eigenvalue weighted by Gasteiger charge is -2.07. The molecule has 2 aromatic carbocycles. The molecule has 0 aliphatic rings. The predicted molar refractivity (Wildman–Crippen MR) is 106 cm³/mol. The Bertz CT molecular complexity index is 988. The number of aromatic nitrogens is 2. The van der Waals surface area contributed by atoms with Gasteiger partial charge in [-0.2, -0.15) is 5.10 Å². The fraction of sp³-hybridized carbons (Fsp3) is 0.182. The van der Waals surface area contributed by atoms with Crippen molar-refractivity contribution in [3.8, 4) is 17.2 Å². The van der Waals surface area contributed by atoms with E-state index in [1.165, 1.54) is 0 Å². The number of carbonyl (C=O) groups excluding carboxylic acids is 1. The summed E-state index contributed by atoms with van der Waals surface area (Å²) in [4.78, 5) is 12.8. The van der Waals surface area contributed by atoms with Crippen LogP contribution < -0.4 is 9.47 Å². The molecule has 138 valence electrons. The minimum atomic E-state index is -0.0815. The van der Waals surface area contributed by atoms with Crippen LogP contribution in [0.1, 0.15) is 27.3 Å². The highest BCUT2D eigenvalue weighted by Gasteiger charge is 2.17. The zero-order valence-corrected chi connectivity index (χ0v) is 15.9. The average Bonchev–Trinajstić information content (AvgIpc) is 3.00. The molecule has 1 aromatic heterocycles. The Morgan fingerprint density at radius 2 is 1.70 bits per heavy atom.